The second-order valence-corrected chi connectivity index (χ2v) is 5.30. The van der Waals surface area contributed by atoms with E-state index < -0.39 is 0 Å². The molecule has 0 fully saturated rings. The molecule has 3 N–H and O–H groups in total. The molecule has 0 bridgehead atoms. The SMILES string of the molecule is N=C(N)c1cccc2c1c1ccccc1n2-c1ccccc1. The number of aromatic nitrogens is 1. The second-order valence-electron chi connectivity index (χ2n) is 5.30. The molecule has 0 radical (unpaired) electrons. The highest BCUT2D eigenvalue weighted by atomic mass is 15.0. The van der Waals surface area contributed by atoms with E-state index in [4.69, 9.17) is 11.1 Å². The highest BCUT2D eigenvalue weighted by Crippen LogP contribution is 2.33. The molecule has 0 saturated heterocycles. The summed E-state index contributed by atoms with van der Waals surface area (Å²) < 4.78 is 2.22. The van der Waals surface area contributed by atoms with Crippen LogP contribution in [0.25, 0.3) is 27.5 Å². The molecular formula is C19H15N3. The molecule has 0 saturated carbocycles. The fourth-order valence-corrected chi connectivity index (χ4v) is 3.10. The van der Waals surface area contributed by atoms with E-state index in [1.54, 1.807) is 0 Å². The Bertz CT molecular complexity index is 997. The Hall–Kier alpha value is -3.07. The lowest BCUT2D eigenvalue weighted by atomic mass is 10.1. The van der Waals surface area contributed by atoms with Crippen molar-refractivity contribution in [1.29, 1.82) is 5.41 Å². The summed E-state index contributed by atoms with van der Waals surface area (Å²) in [5.74, 6) is 0.0987. The molecular weight excluding hydrogens is 270 g/mol. The number of fused-ring (bicyclic) bond motifs is 3. The van der Waals surface area contributed by atoms with Crippen LogP contribution in [0.3, 0.4) is 0 Å². The zero-order chi connectivity index (χ0) is 15.1. The van der Waals surface area contributed by atoms with Crippen molar-refractivity contribution in [1.82, 2.24) is 4.57 Å². The van der Waals surface area contributed by atoms with Crippen molar-refractivity contribution in [2.45, 2.75) is 0 Å². The Kier molecular flexibility index (Phi) is 2.73. The lowest BCUT2D eigenvalue weighted by Gasteiger charge is -2.07. The summed E-state index contributed by atoms with van der Waals surface area (Å²) in [4.78, 5) is 0. The molecule has 0 aliphatic heterocycles. The molecule has 1 aromatic heterocycles. The van der Waals surface area contributed by atoms with Gasteiger partial charge in [-0.3, -0.25) is 5.41 Å². The van der Waals surface area contributed by atoms with Gasteiger partial charge in [-0.15, -0.1) is 0 Å². The summed E-state index contributed by atoms with van der Waals surface area (Å²) in [6.45, 7) is 0. The monoisotopic (exact) mass is 285 g/mol. The maximum absolute atomic E-state index is 7.88. The van der Waals surface area contributed by atoms with Gasteiger partial charge in [-0.1, -0.05) is 48.5 Å². The zero-order valence-electron chi connectivity index (χ0n) is 12.0. The molecule has 4 rings (SSSR count). The first kappa shape index (κ1) is 12.7. The molecule has 3 nitrogen and oxygen atoms in total. The molecule has 0 unspecified atom stereocenters. The summed E-state index contributed by atoms with van der Waals surface area (Å²) in [5.41, 5.74) is 9.87. The lowest BCUT2D eigenvalue weighted by molar-refractivity contribution is 1.18. The van der Waals surface area contributed by atoms with Gasteiger partial charge >= 0.3 is 0 Å². The zero-order valence-corrected chi connectivity index (χ0v) is 12.0. The minimum absolute atomic E-state index is 0.0987. The van der Waals surface area contributed by atoms with Gasteiger partial charge in [0.25, 0.3) is 0 Å². The number of nitrogen functional groups attached to an aromatic ring is 1. The van der Waals surface area contributed by atoms with Crippen molar-refractivity contribution >= 4 is 27.6 Å². The molecule has 0 atom stereocenters. The lowest BCUT2D eigenvalue weighted by Crippen LogP contribution is -2.11. The van der Waals surface area contributed by atoms with Crippen LogP contribution in [0.1, 0.15) is 5.56 Å². The summed E-state index contributed by atoms with van der Waals surface area (Å²) in [6, 6.07) is 24.4. The maximum Gasteiger partial charge on any atom is 0.123 e. The number of rotatable bonds is 2. The van der Waals surface area contributed by atoms with E-state index in [9.17, 15) is 0 Å². The van der Waals surface area contributed by atoms with E-state index in [-0.39, 0.29) is 5.84 Å². The standard InChI is InChI=1S/C19H15N3/c20-19(21)15-10-6-12-17-18(15)14-9-4-5-11-16(14)22(17)13-7-2-1-3-8-13/h1-12H,(H3,20,21). The Morgan fingerprint density at radius 1 is 0.773 bits per heavy atom. The van der Waals surface area contributed by atoms with Crippen molar-refractivity contribution in [2.75, 3.05) is 0 Å². The maximum atomic E-state index is 7.88. The van der Waals surface area contributed by atoms with Crippen LogP contribution in [-0.4, -0.2) is 10.4 Å². The third-order valence-corrected chi connectivity index (χ3v) is 4.00. The minimum atomic E-state index is 0.0987. The molecule has 4 aromatic rings. The third kappa shape index (κ3) is 1.72. The third-order valence-electron chi connectivity index (χ3n) is 4.00. The number of nitrogens with zero attached hydrogens (tertiary/aromatic N) is 1. The first-order valence-electron chi connectivity index (χ1n) is 7.19. The molecule has 1 heterocycles. The number of amidine groups is 1. The van der Waals surface area contributed by atoms with E-state index in [0.717, 1.165) is 33.1 Å². The highest BCUT2D eigenvalue weighted by molar-refractivity contribution is 6.19. The van der Waals surface area contributed by atoms with Crippen molar-refractivity contribution in [3.63, 3.8) is 0 Å². The Labute approximate surface area is 128 Å². The molecule has 3 heteroatoms. The van der Waals surface area contributed by atoms with Crippen LogP contribution < -0.4 is 5.73 Å². The van der Waals surface area contributed by atoms with Crippen LogP contribution in [-0.2, 0) is 0 Å². The van der Waals surface area contributed by atoms with Crippen molar-refractivity contribution in [2.24, 2.45) is 5.73 Å². The van der Waals surface area contributed by atoms with Crippen LogP contribution in [0.5, 0.6) is 0 Å². The van der Waals surface area contributed by atoms with E-state index in [2.05, 4.69) is 34.9 Å². The predicted octanol–water partition coefficient (Wildman–Crippen LogP) is 4.07. The van der Waals surface area contributed by atoms with Gasteiger partial charge in [0.1, 0.15) is 5.84 Å². The number of hydrogen-bond acceptors (Lipinski definition) is 1. The Morgan fingerprint density at radius 2 is 1.45 bits per heavy atom. The Balaban J connectivity index is 2.25. The fraction of sp³-hybridized carbons (Fsp3) is 0. The highest BCUT2D eigenvalue weighted by Gasteiger charge is 2.15. The number of nitrogens with two attached hydrogens (primary N) is 1. The summed E-state index contributed by atoms with van der Waals surface area (Å²) >= 11 is 0. The minimum Gasteiger partial charge on any atom is -0.384 e. The summed E-state index contributed by atoms with van der Waals surface area (Å²) in [7, 11) is 0. The van der Waals surface area contributed by atoms with Crippen LogP contribution in [0.2, 0.25) is 0 Å². The van der Waals surface area contributed by atoms with Crippen LogP contribution in [0.4, 0.5) is 0 Å². The van der Waals surface area contributed by atoms with Gasteiger partial charge in [0.15, 0.2) is 0 Å². The average Bonchev–Trinajstić information content (AvgIpc) is 2.90. The molecule has 3 aromatic carbocycles. The smallest absolute Gasteiger partial charge is 0.123 e. The second kappa shape index (κ2) is 4.74. The van der Waals surface area contributed by atoms with Crippen LogP contribution in [0, 0.1) is 5.41 Å². The molecule has 22 heavy (non-hydrogen) atoms. The van der Waals surface area contributed by atoms with Crippen LogP contribution in [0.15, 0.2) is 72.8 Å². The Morgan fingerprint density at radius 3 is 2.23 bits per heavy atom. The van der Waals surface area contributed by atoms with Crippen molar-refractivity contribution < 1.29 is 0 Å². The molecule has 0 aliphatic rings. The average molecular weight is 285 g/mol. The van der Waals surface area contributed by atoms with Gasteiger partial charge in [0.05, 0.1) is 11.0 Å². The van der Waals surface area contributed by atoms with Gasteiger partial charge in [0.2, 0.25) is 0 Å². The number of hydrogen-bond donors (Lipinski definition) is 2. The predicted molar refractivity (Wildman–Crippen MR) is 91.8 cm³/mol. The summed E-state index contributed by atoms with van der Waals surface area (Å²) in [6.07, 6.45) is 0. The van der Waals surface area contributed by atoms with E-state index >= 15 is 0 Å². The van der Waals surface area contributed by atoms with E-state index in [0.29, 0.717) is 0 Å². The molecule has 0 aliphatic carbocycles. The number of benzene rings is 3. The molecule has 0 amide bonds. The van der Waals surface area contributed by atoms with Crippen molar-refractivity contribution in [3.8, 4) is 5.69 Å². The first-order chi connectivity index (χ1) is 10.8. The van der Waals surface area contributed by atoms with Gasteiger partial charge in [-0.25, -0.2) is 0 Å². The number of para-hydroxylation sites is 2. The van der Waals surface area contributed by atoms with E-state index in [1.165, 1.54) is 0 Å². The topological polar surface area (TPSA) is 54.8 Å². The van der Waals surface area contributed by atoms with Crippen molar-refractivity contribution in [3.05, 3.63) is 78.4 Å². The van der Waals surface area contributed by atoms with E-state index in [1.807, 2.05) is 42.5 Å². The van der Waals surface area contributed by atoms with Gasteiger partial charge < -0.3 is 10.3 Å². The molecule has 0 spiro atoms. The van der Waals surface area contributed by atoms with Gasteiger partial charge in [0, 0.05) is 22.0 Å². The first-order valence-corrected chi connectivity index (χ1v) is 7.19. The normalized spacial score (nSPS) is 11.1. The summed E-state index contributed by atoms with van der Waals surface area (Å²) in [5, 5.41) is 10.0. The van der Waals surface area contributed by atoms with Gasteiger partial charge in [-0.05, 0) is 24.3 Å². The molecule has 106 valence electrons. The van der Waals surface area contributed by atoms with Crippen LogP contribution >= 0.6 is 0 Å². The largest absolute Gasteiger partial charge is 0.384 e. The quantitative estimate of drug-likeness (QED) is 0.423. The van der Waals surface area contributed by atoms with Gasteiger partial charge in [-0.2, -0.15) is 0 Å². The fourth-order valence-electron chi connectivity index (χ4n) is 3.10. The number of nitrogens with one attached hydrogen (secondary N) is 1.